The van der Waals surface area contributed by atoms with Crippen molar-refractivity contribution in [3.8, 4) is 0 Å². The lowest BCUT2D eigenvalue weighted by Gasteiger charge is -2.34. The number of anilines is 1. The molecular weight excluding hydrogens is 324 g/mol. The molecule has 0 aliphatic carbocycles. The molecule has 1 aliphatic heterocycles. The van der Waals surface area contributed by atoms with E-state index in [1.807, 2.05) is 0 Å². The summed E-state index contributed by atoms with van der Waals surface area (Å²) in [5.41, 5.74) is 0.789. The number of non-ortho nitro benzene ring substituents is 1. The predicted octanol–water partition coefficient (Wildman–Crippen LogP) is 1.91. The molecule has 8 heteroatoms. The Morgan fingerprint density at radius 1 is 1.24 bits per heavy atom. The molecule has 1 aromatic carbocycles. The average Bonchev–Trinajstić information content (AvgIpc) is 2.64. The van der Waals surface area contributed by atoms with E-state index < -0.39 is 4.92 Å². The largest absolute Gasteiger partial charge is 0.383 e. The SMILES string of the molecule is CCC(=O)N1CCCC[C@H]1C(=O)NCCNc1ccc([N+](=O)[O-])cc1. The van der Waals surface area contributed by atoms with E-state index in [-0.39, 0.29) is 23.5 Å². The number of likely N-dealkylation sites (tertiary alicyclic amines) is 1. The molecule has 0 radical (unpaired) electrons. The second kappa shape index (κ2) is 9.00. The molecule has 2 amide bonds. The van der Waals surface area contributed by atoms with Crippen LogP contribution in [-0.2, 0) is 9.59 Å². The molecule has 136 valence electrons. The van der Waals surface area contributed by atoms with Gasteiger partial charge in [0, 0.05) is 43.9 Å². The lowest BCUT2D eigenvalue weighted by molar-refractivity contribution is -0.384. The highest BCUT2D eigenvalue weighted by atomic mass is 16.6. The number of hydrogen-bond donors (Lipinski definition) is 2. The Balaban J connectivity index is 1.77. The second-order valence-corrected chi connectivity index (χ2v) is 5.97. The lowest BCUT2D eigenvalue weighted by Crippen LogP contribution is -2.52. The summed E-state index contributed by atoms with van der Waals surface area (Å²) in [7, 11) is 0. The first-order chi connectivity index (χ1) is 12.0. The Morgan fingerprint density at radius 2 is 1.96 bits per heavy atom. The Kier molecular flexibility index (Phi) is 6.73. The van der Waals surface area contributed by atoms with Crippen molar-refractivity contribution in [2.45, 2.75) is 38.6 Å². The fourth-order valence-corrected chi connectivity index (χ4v) is 2.92. The second-order valence-electron chi connectivity index (χ2n) is 5.97. The molecule has 0 aromatic heterocycles. The van der Waals surface area contributed by atoms with Crippen LogP contribution in [0.2, 0.25) is 0 Å². The third-order valence-electron chi connectivity index (χ3n) is 4.26. The van der Waals surface area contributed by atoms with E-state index in [1.165, 1.54) is 12.1 Å². The predicted molar refractivity (Wildman–Crippen MR) is 94.2 cm³/mol. The zero-order valence-corrected chi connectivity index (χ0v) is 14.4. The van der Waals surface area contributed by atoms with E-state index in [1.54, 1.807) is 24.0 Å². The summed E-state index contributed by atoms with van der Waals surface area (Å²) < 4.78 is 0. The Morgan fingerprint density at radius 3 is 2.60 bits per heavy atom. The van der Waals surface area contributed by atoms with Crippen molar-refractivity contribution in [2.75, 3.05) is 25.0 Å². The van der Waals surface area contributed by atoms with Gasteiger partial charge in [-0.25, -0.2) is 0 Å². The third kappa shape index (κ3) is 5.17. The summed E-state index contributed by atoms with van der Waals surface area (Å²) in [6.45, 7) is 3.37. The zero-order chi connectivity index (χ0) is 18.2. The normalized spacial score (nSPS) is 17.0. The van der Waals surface area contributed by atoms with Crippen LogP contribution in [0.3, 0.4) is 0 Å². The van der Waals surface area contributed by atoms with E-state index in [4.69, 9.17) is 0 Å². The fourth-order valence-electron chi connectivity index (χ4n) is 2.92. The summed E-state index contributed by atoms with van der Waals surface area (Å²) in [6.07, 6.45) is 3.00. The van der Waals surface area contributed by atoms with E-state index >= 15 is 0 Å². The van der Waals surface area contributed by atoms with Crippen LogP contribution in [0.1, 0.15) is 32.6 Å². The van der Waals surface area contributed by atoms with Gasteiger partial charge in [-0.05, 0) is 31.4 Å². The highest BCUT2D eigenvalue weighted by Crippen LogP contribution is 2.18. The van der Waals surface area contributed by atoms with Crippen LogP contribution in [0.15, 0.2) is 24.3 Å². The van der Waals surface area contributed by atoms with Gasteiger partial charge in [-0.2, -0.15) is 0 Å². The molecule has 0 unspecified atom stereocenters. The van der Waals surface area contributed by atoms with Crippen molar-refractivity contribution in [1.82, 2.24) is 10.2 Å². The topological polar surface area (TPSA) is 105 Å². The maximum Gasteiger partial charge on any atom is 0.269 e. The summed E-state index contributed by atoms with van der Waals surface area (Å²) in [6, 6.07) is 5.74. The smallest absolute Gasteiger partial charge is 0.269 e. The van der Waals surface area contributed by atoms with Crippen molar-refractivity contribution < 1.29 is 14.5 Å². The van der Waals surface area contributed by atoms with Crippen LogP contribution in [0.25, 0.3) is 0 Å². The number of piperidine rings is 1. The Hall–Kier alpha value is -2.64. The van der Waals surface area contributed by atoms with Crippen molar-refractivity contribution >= 4 is 23.2 Å². The highest BCUT2D eigenvalue weighted by Gasteiger charge is 2.30. The Labute approximate surface area is 146 Å². The van der Waals surface area contributed by atoms with E-state index in [2.05, 4.69) is 10.6 Å². The van der Waals surface area contributed by atoms with Crippen molar-refractivity contribution in [1.29, 1.82) is 0 Å². The van der Waals surface area contributed by atoms with Gasteiger partial charge >= 0.3 is 0 Å². The molecule has 25 heavy (non-hydrogen) atoms. The minimum Gasteiger partial charge on any atom is -0.383 e. The minimum atomic E-state index is -0.447. The molecule has 1 aliphatic rings. The molecule has 2 rings (SSSR count). The maximum absolute atomic E-state index is 12.4. The number of hydrogen-bond acceptors (Lipinski definition) is 5. The fraction of sp³-hybridized carbons (Fsp3) is 0.529. The molecule has 0 saturated carbocycles. The van der Waals surface area contributed by atoms with Crippen molar-refractivity contribution in [3.63, 3.8) is 0 Å². The lowest BCUT2D eigenvalue weighted by atomic mass is 10.0. The molecule has 0 bridgehead atoms. The number of rotatable bonds is 7. The number of nitro groups is 1. The number of benzene rings is 1. The molecule has 1 heterocycles. The van der Waals surface area contributed by atoms with Gasteiger partial charge in [0.2, 0.25) is 11.8 Å². The first-order valence-electron chi connectivity index (χ1n) is 8.58. The number of nitrogens with zero attached hydrogens (tertiary/aromatic N) is 2. The standard InChI is InChI=1S/C17H24N4O4/c1-2-16(22)20-12-4-3-5-15(20)17(23)19-11-10-18-13-6-8-14(9-7-13)21(24)25/h6-9,15,18H,2-5,10-12H2,1H3,(H,19,23)/t15-/m0/s1. The van der Waals surface area contributed by atoms with Gasteiger partial charge in [0.05, 0.1) is 4.92 Å². The molecule has 0 spiro atoms. The summed E-state index contributed by atoms with van der Waals surface area (Å²) in [5, 5.41) is 16.6. The van der Waals surface area contributed by atoms with Crippen LogP contribution in [0.4, 0.5) is 11.4 Å². The van der Waals surface area contributed by atoms with E-state index in [9.17, 15) is 19.7 Å². The van der Waals surface area contributed by atoms with Crippen molar-refractivity contribution in [2.24, 2.45) is 0 Å². The number of carbonyl (C=O) groups excluding carboxylic acids is 2. The van der Waals surface area contributed by atoms with Gasteiger partial charge in [0.1, 0.15) is 6.04 Å². The van der Waals surface area contributed by atoms with Gasteiger partial charge in [-0.15, -0.1) is 0 Å². The van der Waals surface area contributed by atoms with Gasteiger partial charge in [-0.1, -0.05) is 6.92 Å². The summed E-state index contributed by atoms with van der Waals surface area (Å²) >= 11 is 0. The Bertz CT molecular complexity index is 618. The summed E-state index contributed by atoms with van der Waals surface area (Å²) in [4.78, 5) is 36.1. The quantitative estimate of drug-likeness (QED) is 0.445. The van der Waals surface area contributed by atoms with E-state index in [0.717, 1.165) is 18.5 Å². The van der Waals surface area contributed by atoms with Gasteiger partial charge in [0.25, 0.3) is 5.69 Å². The minimum absolute atomic E-state index is 0.0175. The first kappa shape index (κ1) is 18.7. The monoisotopic (exact) mass is 348 g/mol. The number of nitrogens with one attached hydrogen (secondary N) is 2. The maximum atomic E-state index is 12.4. The molecule has 1 saturated heterocycles. The molecular formula is C17H24N4O4. The number of amides is 2. The zero-order valence-electron chi connectivity index (χ0n) is 14.4. The van der Waals surface area contributed by atoms with Gasteiger partial charge < -0.3 is 15.5 Å². The third-order valence-corrected chi connectivity index (χ3v) is 4.26. The number of nitro benzene ring substituents is 1. The molecule has 1 atom stereocenters. The first-order valence-corrected chi connectivity index (χ1v) is 8.58. The number of carbonyl (C=O) groups is 2. The molecule has 8 nitrogen and oxygen atoms in total. The molecule has 1 fully saturated rings. The van der Waals surface area contributed by atoms with Crippen LogP contribution in [0.5, 0.6) is 0 Å². The molecule has 1 aromatic rings. The van der Waals surface area contributed by atoms with Crippen LogP contribution in [-0.4, -0.2) is 47.3 Å². The van der Waals surface area contributed by atoms with Gasteiger partial charge in [0.15, 0.2) is 0 Å². The van der Waals surface area contributed by atoms with E-state index in [0.29, 0.717) is 32.5 Å². The average molecular weight is 348 g/mol. The highest BCUT2D eigenvalue weighted by molar-refractivity contribution is 5.87. The van der Waals surface area contributed by atoms with Crippen LogP contribution >= 0.6 is 0 Å². The molecule has 2 N–H and O–H groups in total. The van der Waals surface area contributed by atoms with Crippen molar-refractivity contribution in [3.05, 3.63) is 34.4 Å². The van der Waals surface area contributed by atoms with Crippen LogP contribution < -0.4 is 10.6 Å². The summed E-state index contributed by atoms with van der Waals surface area (Å²) in [5.74, 6) is -0.101. The van der Waals surface area contributed by atoms with Crippen LogP contribution in [0, 0.1) is 10.1 Å². The van der Waals surface area contributed by atoms with Gasteiger partial charge in [-0.3, -0.25) is 19.7 Å².